The van der Waals surface area contributed by atoms with E-state index in [4.69, 9.17) is 16.4 Å². The molecular formula is C9H16ClNO. The Morgan fingerprint density at radius 1 is 1.50 bits per heavy atom. The molecule has 0 fully saturated rings. The molecule has 0 aliphatic carbocycles. The molecule has 0 aliphatic rings. The maximum atomic E-state index is 5.30. The highest BCUT2D eigenvalue weighted by molar-refractivity contribution is 6.25. The van der Waals surface area contributed by atoms with Crippen molar-refractivity contribution in [1.29, 1.82) is 0 Å². The van der Waals surface area contributed by atoms with E-state index < -0.39 is 0 Å². The summed E-state index contributed by atoms with van der Waals surface area (Å²) in [4.78, 5) is 4.98. The molecular weight excluding hydrogens is 174 g/mol. The fourth-order valence-corrected chi connectivity index (χ4v) is 0.423. The van der Waals surface area contributed by atoms with E-state index >= 15 is 0 Å². The minimum Gasteiger partial charge on any atom is -0.392 e. The first kappa shape index (κ1) is 11.5. The van der Waals surface area contributed by atoms with Gasteiger partial charge in [-0.15, -0.1) is 0 Å². The van der Waals surface area contributed by atoms with E-state index in [0.717, 1.165) is 5.71 Å². The molecule has 0 saturated carbocycles. The van der Waals surface area contributed by atoms with Gasteiger partial charge in [0.05, 0.1) is 5.71 Å². The van der Waals surface area contributed by atoms with Crippen LogP contribution >= 0.6 is 11.6 Å². The third-order valence-electron chi connectivity index (χ3n) is 1.55. The molecule has 0 amide bonds. The van der Waals surface area contributed by atoms with Crippen LogP contribution in [0, 0.1) is 5.41 Å². The summed E-state index contributed by atoms with van der Waals surface area (Å²) in [6, 6.07) is 0. The molecule has 0 bridgehead atoms. The number of oxime groups is 1. The summed E-state index contributed by atoms with van der Waals surface area (Å²) in [6.07, 6.45) is 1.70. The average molecular weight is 190 g/mol. The molecule has 0 aliphatic heterocycles. The third-order valence-corrected chi connectivity index (χ3v) is 1.72. The Labute approximate surface area is 79.2 Å². The van der Waals surface area contributed by atoms with Crippen molar-refractivity contribution in [3.8, 4) is 0 Å². The van der Waals surface area contributed by atoms with Gasteiger partial charge in [0, 0.05) is 11.0 Å². The van der Waals surface area contributed by atoms with E-state index in [1.807, 2.05) is 6.92 Å². The van der Waals surface area contributed by atoms with Crippen molar-refractivity contribution in [2.45, 2.75) is 27.7 Å². The Kier molecular flexibility index (Phi) is 4.98. The number of hydrogen-bond donors (Lipinski definition) is 0. The fraction of sp³-hybridized carbons (Fsp3) is 0.667. The first-order valence-electron chi connectivity index (χ1n) is 3.90. The lowest BCUT2D eigenvalue weighted by molar-refractivity contribution is 0.171. The van der Waals surface area contributed by atoms with Crippen LogP contribution in [-0.2, 0) is 4.84 Å². The molecule has 70 valence electrons. The van der Waals surface area contributed by atoms with Crippen LogP contribution in [0.5, 0.6) is 0 Å². The van der Waals surface area contributed by atoms with Crippen LogP contribution in [0.2, 0.25) is 0 Å². The van der Waals surface area contributed by atoms with Crippen molar-refractivity contribution in [1.82, 2.24) is 0 Å². The Balaban J connectivity index is 3.85. The molecule has 0 aromatic carbocycles. The van der Waals surface area contributed by atoms with E-state index in [-0.39, 0.29) is 5.41 Å². The minimum absolute atomic E-state index is 0.0741. The van der Waals surface area contributed by atoms with E-state index in [1.54, 1.807) is 6.08 Å². The van der Waals surface area contributed by atoms with Crippen LogP contribution in [0.1, 0.15) is 27.7 Å². The summed E-state index contributed by atoms with van der Waals surface area (Å²) in [5, 5.41) is 3.94. The van der Waals surface area contributed by atoms with E-state index in [9.17, 15) is 0 Å². The van der Waals surface area contributed by atoms with Gasteiger partial charge in [0.25, 0.3) is 0 Å². The van der Waals surface area contributed by atoms with E-state index in [1.165, 1.54) is 5.54 Å². The van der Waals surface area contributed by atoms with Crippen molar-refractivity contribution >= 4 is 17.3 Å². The van der Waals surface area contributed by atoms with Crippen LogP contribution in [0.15, 0.2) is 16.8 Å². The van der Waals surface area contributed by atoms with Gasteiger partial charge in [0.15, 0.2) is 0 Å². The van der Waals surface area contributed by atoms with Gasteiger partial charge in [-0.1, -0.05) is 37.5 Å². The quantitative estimate of drug-likeness (QED) is 0.380. The highest BCUT2D eigenvalue weighted by Gasteiger charge is 2.14. The SMILES string of the molecule is C/C(=N/OC/C=C/Cl)C(C)(C)C. The first-order valence-corrected chi connectivity index (χ1v) is 4.34. The summed E-state index contributed by atoms with van der Waals surface area (Å²) >= 11 is 5.30. The molecule has 3 heteroatoms. The predicted octanol–water partition coefficient (Wildman–Crippen LogP) is 3.18. The van der Waals surface area contributed by atoms with Crippen LogP contribution < -0.4 is 0 Å². The van der Waals surface area contributed by atoms with Gasteiger partial charge in [-0.2, -0.15) is 0 Å². The molecule has 0 radical (unpaired) electrons. The molecule has 2 nitrogen and oxygen atoms in total. The molecule has 0 heterocycles. The number of rotatable bonds is 3. The van der Waals surface area contributed by atoms with Crippen molar-refractivity contribution in [2.24, 2.45) is 10.6 Å². The van der Waals surface area contributed by atoms with Crippen LogP contribution in [0.25, 0.3) is 0 Å². The van der Waals surface area contributed by atoms with E-state index in [0.29, 0.717) is 6.61 Å². The number of hydrogen-bond acceptors (Lipinski definition) is 2. The average Bonchev–Trinajstić information content (AvgIpc) is 1.96. The zero-order valence-electron chi connectivity index (χ0n) is 8.10. The van der Waals surface area contributed by atoms with Crippen molar-refractivity contribution in [3.05, 3.63) is 11.6 Å². The van der Waals surface area contributed by atoms with Crippen LogP contribution in [0.4, 0.5) is 0 Å². The summed E-state index contributed by atoms with van der Waals surface area (Å²) in [7, 11) is 0. The van der Waals surface area contributed by atoms with Crippen molar-refractivity contribution in [3.63, 3.8) is 0 Å². The van der Waals surface area contributed by atoms with E-state index in [2.05, 4.69) is 25.9 Å². The maximum Gasteiger partial charge on any atom is 0.136 e. The number of nitrogens with zero attached hydrogens (tertiary/aromatic N) is 1. The smallest absolute Gasteiger partial charge is 0.136 e. The minimum atomic E-state index is 0.0741. The largest absolute Gasteiger partial charge is 0.392 e. The molecule has 0 N–H and O–H groups in total. The monoisotopic (exact) mass is 189 g/mol. The molecule has 12 heavy (non-hydrogen) atoms. The first-order chi connectivity index (χ1) is 5.48. The van der Waals surface area contributed by atoms with Crippen molar-refractivity contribution in [2.75, 3.05) is 6.61 Å². The van der Waals surface area contributed by atoms with Crippen LogP contribution in [-0.4, -0.2) is 12.3 Å². The summed E-state index contributed by atoms with van der Waals surface area (Å²) in [6.45, 7) is 8.65. The molecule has 0 aromatic rings. The zero-order valence-corrected chi connectivity index (χ0v) is 8.85. The van der Waals surface area contributed by atoms with Gasteiger partial charge >= 0.3 is 0 Å². The Hall–Kier alpha value is -0.500. The van der Waals surface area contributed by atoms with Gasteiger partial charge < -0.3 is 4.84 Å². The number of halogens is 1. The lowest BCUT2D eigenvalue weighted by Crippen LogP contribution is -2.17. The standard InChI is InChI=1S/C9H16ClNO/c1-8(9(2,3)4)11-12-7-5-6-10/h5-6H,7H2,1-4H3/b6-5+,11-8-. The maximum absolute atomic E-state index is 5.30. The topological polar surface area (TPSA) is 21.6 Å². The summed E-state index contributed by atoms with van der Waals surface area (Å²) in [5.41, 5.74) is 2.47. The van der Waals surface area contributed by atoms with Gasteiger partial charge in [-0.25, -0.2) is 0 Å². The Bertz CT molecular complexity index is 179. The summed E-state index contributed by atoms with van der Waals surface area (Å²) < 4.78 is 0. The molecule has 0 unspecified atom stereocenters. The normalized spacial score (nSPS) is 13.9. The second kappa shape index (κ2) is 5.20. The highest BCUT2D eigenvalue weighted by atomic mass is 35.5. The highest BCUT2D eigenvalue weighted by Crippen LogP contribution is 2.15. The van der Waals surface area contributed by atoms with Gasteiger partial charge in [-0.05, 0) is 13.0 Å². The van der Waals surface area contributed by atoms with Gasteiger partial charge in [0.1, 0.15) is 6.61 Å². The third kappa shape index (κ3) is 5.19. The fourth-order valence-electron chi connectivity index (χ4n) is 0.350. The van der Waals surface area contributed by atoms with Gasteiger partial charge in [-0.3, -0.25) is 0 Å². The molecule has 0 atom stereocenters. The summed E-state index contributed by atoms with van der Waals surface area (Å²) in [5.74, 6) is 0. The lowest BCUT2D eigenvalue weighted by Gasteiger charge is -2.16. The second-order valence-electron chi connectivity index (χ2n) is 3.58. The second-order valence-corrected chi connectivity index (χ2v) is 3.84. The van der Waals surface area contributed by atoms with Crippen LogP contribution in [0.3, 0.4) is 0 Å². The predicted molar refractivity (Wildman–Crippen MR) is 53.5 cm³/mol. The molecule has 0 saturated heterocycles. The lowest BCUT2D eigenvalue weighted by atomic mass is 9.91. The van der Waals surface area contributed by atoms with Gasteiger partial charge in [0.2, 0.25) is 0 Å². The molecule has 0 aromatic heterocycles. The Morgan fingerprint density at radius 2 is 2.08 bits per heavy atom. The molecule has 0 rings (SSSR count). The zero-order chi connectivity index (χ0) is 9.61. The Morgan fingerprint density at radius 3 is 2.50 bits per heavy atom. The molecule has 0 spiro atoms. The van der Waals surface area contributed by atoms with Crippen molar-refractivity contribution < 1.29 is 4.84 Å².